The van der Waals surface area contributed by atoms with E-state index in [1.54, 1.807) is 0 Å². The van der Waals surface area contributed by atoms with Gasteiger partial charge in [0.2, 0.25) is 0 Å². The molecule has 0 aromatic carbocycles. The Kier molecular flexibility index (Phi) is 62.3. The minimum Gasteiger partial charge on any atom is -0.462 e. The predicted molar refractivity (Wildman–Crippen MR) is 329 cm³/mol. The van der Waals surface area contributed by atoms with Gasteiger partial charge in [-0.15, -0.1) is 0 Å². The van der Waals surface area contributed by atoms with Crippen molar-refractivity contribution in [1.82, 2.24) is 0 Å². The van der Waals surface area contributed by atoms with Gasteiger partial charge in [-0.05, 0) is 77.0 Å². The molecule has 0 rings (SSSR count). The van der Waals surface area contributed by atoms with E-state index < -0.39 is 6.10 Å². The summed E-state index contributed by atoms with van der Waals surface area (Å²) in [5, 5.41) is 9.68. The zero-order chi connectivity index (χ0) is 54.1. The number of hydrogen-bond donors (Lipinski definition) is 1. The Hall–Kier alpha value is -3.18. The van der Waals surface area contributed by atoms with Crippen LogP contribution >= 0.6 is 0 Å². The van der Waals surface area contributed by atoms with Crippen molar-refractivity contribution in [3.05, 3.63) is 97.2 Å². The van der Waals surface area contributed by atoms with Gasteiger partial charge in [-0.3, -0.25) is 9.59 Å². The van der Waals surface area contributed by atoms with E-state index in [0.29, 0.717) is 12.8 Å². The van der Waals surface area contributed by atoms with E-state index in [4.69, 9.17) is 9.47 Å². The normalized spacial score (nSPS) is 12.8. The molecule has 1 N–H and O–H groups in total. The second-order valence-electron chi connectivity index (χ2n) is 21.5. The van der Waals surface area contributed by atoms with Gasteiger partial charge in [-0.2, -0.15) is 0 Å². The van der Waals surface area contributed by atoms with Crippen molar-refractivity contribution < 1.29 is 24.2 Å². The number of aliphatic hydroxyl groups excluding tert-OH is 1. The molecule has 1 atom stereocenters. The monoisotopic (exact) mass is 1040 g/mol. The molecule has 0 saturated heterocycles. The minimum absolute atomic E-state index is 0.0645. The first-order valence-corrected chi connectivity index (χ1v) is 32.3. The molecule has 0 aromatic rings. The Morgan fingerprint density at radius 2 is 0.573 bits per heavy atom. The first-order valence-electron chi connectivity index (χ1n) is 32.3. The number of unbranched alkanes of at least 4 members (excludes halogenated alkanes) is 35. The third-order valence-corrected chi connectivity index (χ3v) is 14.1. The summed E-state index contributed by atoms with van der Waals surface area (Å²) >= 11 is 0. The van der Waals surface area contributed by atoms with Crippen LogP contribution < -0.4 is 0 Å². The molecule has 0 heterocycles. The highest BCUT2D eigenvalue weighted by molar-refractivity contribution is 5.70. The topological polar surface area (TPSA) is 72.8 Å². The summed E-state index contributed by atoms with van der Waals surface area (Å²) in [4.78, 5) is 24.6. The summed E-state index contributed by atoms with van der Waals surface area (Å²) in [6, 6.07) is 0. The van der Waals surface area contributed by atoms with E-state index in [-0.39, 0.29) is 25.2 Å². The smallest absolute Gasteiger partial charge is 0.306 e. The standard InChI is InChI=1S/C70H122O5/c1-3-5-7-9-11-13-15-17-19-21-23-25-27-28-29-30-31-32-33-34-35-36-37-38-39-40-41-42-43-45-47-49-51-53-55-57-59-61-63-65-70(73)75-68(66-71)67-74-69(72)64-62-60-58-56-54-52-50-48-46-44-26-24-22-20-18-16-14-12-10-8-6-4-2/h5,7,11,13,17,19,23,25,28-29,31-32,34-35,37-38,68,71H,3-4,6,8-10,12,14-16,18,20-22,24,26-27,30,33,36,39-67H2,1-2H3/b7-5-,13-11-,19-17-,25-23-,29-28-,32-31-,35-34-,38-37-. The van der Waals surface area contributed by atoms with Crippen molar-refractivity contribution in [3.63, 3.8) is 0 Å². The first-order chi connectivity index (χ1) is 37.1. The maximum atomic E-state index is 12.3. The molecule has 0 radical (unpaired) electrons. The number of carbonyl (C=O) groups is 2. The van der Waals surface area contributed by atoms with Crippen LogP contribution in [0.2, 0.25) is 0 Å². The third kappa shape index (κ3) is 63.3. The molecule has 0 amide bonds. The van der Waals surface area contributed by atoms with E-state index in [1.807, 2.05) is 0 Å². The zero-order valence-electron chi connectivity index (χ0n) is 49.5. The number of aliphatic hydroxyl groups is 1. The molecule has 1 unspecified atom stereocenters. The maximum absolute atomic E-state index is 12.3. The van der Waals surface area contributed by atoms with Gasteiger partial charge >= 0.3 is 11.9 Å². The van der Waals surface area contributed by atoms with Gasteiger partial charge in [0.15, 0.2) is 6.10 Å². The average molecular weight is 1040 g/mol. The average Bonchev–Trinajstić information content (AvgIpc) is 3.41. The van der Waals surface area contributed by atoms with E-state index in [1.165, 1.54) is 199 Å². The summed E-state index contributed by atoms with van der Waals surface area (Å²) in [7, 11) is 0. The summed E-state index contributed by atoms with van der Waals surface area (Å²) in [6.07, 6.45) is 92.7. The molecule has 75 heavy (non-hydrogen) atoms. The lowest BCUT2D eigenvalue weighted by molar-refractivity contribution is -0.161. The zero-order valence-corrected chi connectivity index (χ0v) is 49.5. The molecular formula is C70H122O5. The molecule has 0 saturated carbocycles. The molecule has 0 aliphatic rings. The van der Waals surface area contributed by atoms with Gasteiger partial charge in [0.25, 0.3) is 0 Å². The highest BCUT2D eigenvalue weighted by atomic mass is 16.6. The van der Waals surface area contributed by atoms with Crippen molar-refractivity contribution in [3.8, 4) is 0 Å². The van der Waals surface area contributed by atoms with Crippen LogP contribution in [0, 0.1) is 0 Å². The number of carbonyl (C=O) groups excluding carboxylic acids is 2. The first kappa shape index (κ1) is 71.8. The highest BCUT2D eigenvalue weighted by Gasteiger charge is 2.16. The molecule has 5 nitrogen and oxygen atoms in total. The Morgan fingerprint density at radius 1 is 0.320 bits per heavy atom. The van der Waals surface area contributed by atoms with Gasteiger partial charge < -0.3 is 14.6 Å². The van der Waals surface area contributed by atoms with Gasteiger partial charge in [0.05, 0.1) is 6.61 Å². The molecule has 0 aliphatic carbocycles. The summed E-state index contributed by atoms with van der Waals surface area (Å²) in [5.41, 5.74) is 0. The number of allylic oxidation sites excluding steroid dienone is 16. The molecule has 0 aliphatic heterocycles. The van der Waals surface area contributed by atoms with E-state index >= 15 is 0 Å². The van der Waals surface area contributed by atoms with Crippen LogP contribution in [0.1, 0.15) is 316 Å². The summed E-state index contributed by atoms with van der Waals surface area (Å²) in [5.74, 6) is -0.579. The van der Waals surface area contributed by atoms with Crippen molar-refractivity contribution in [2.24, 2.45) is 0 Å². The second kappa shape index (κ2) is 65.1. The van der Waals surface area contributed by atoms with Crippen LogP contribution in [0.4, 0.5) is 0 Å². The lowest BCUT2D eigenvalue weighted by Gasteiger charge is -2.15. The van der Waals surface area contributed by atoms with Crippen molar-refractivity contribution >= 4 is 11.9 Å². The van der Waals surface area contributed by atoms with Crippen LogP contribution in [0.5, 0.6) is 0 Å². The van der Waals surface area contributed by atoms with Crippen LogP contribution in [-0.4, -0.2) is 36.4 Å². The Labute approximate surface area is 466 Å². The molecule has 0 bridgehead atoms. The number of esters is 2. The summed E-state index contributed by atoms with van der Waals surface area (Å²) in [6.45, 7) is 4.06. The fourth-order valence-electron chi connectivity index (χ4n) is 9.34. The number of ether oxygens (including phenoxy) is 2. The number of rotatable bonds is 59. The van der Waals surface area contributed by atoms with E-state index in [0.717, 1.165) is 89.9 Å². The van der Waals surface area contributed by atoms with Crippen LogP contribution in [-0.2, 0) is 19.1 Å². The largest absolute Gasteiger partial charge is 0.462 e. The Balaban J connectivity index is 3.49. The molecule has 0 fully saturated rings. The van der Waals surface area contributed by atoms with Crippen molar-refractivity contribution in [1.29, 1.82) is 0 Å². The van der Waals surface area contributed by atoms with Gasteiger partial charge in [0, 0.05) is 12.8 Å². The molecular weight excluding hydrogens is 921 g/mol. The lowest BCUT2D eigenvalue weighted by Crippen LogP contribution is -2.28. The van der Waals surface area contributed by atoms with Gasteiger partial charge in [-0.1, -0.05) is 323 Å². The fraction of sp³-hybridized carbons (Fsp3) is 0.743. The fourth-order valence-corrected chi connectivity index (χ4v) is 9.34. The van der Waals surface area contributed by atoms with E-state index in [2.05, 4.69) is 111 Å². The van der Waals surface area contributed by atoms with Gasteiger partial charge in [-0.25, -0.2) is 0 Å². The number of hydrogen-bond acceptors (Lipinski definition) is 5. The van der Waals surface area contributed by atoms with Crippen molar-refractivity contribution in [2.75, 3.05) is 13.2 Å². The quantitative estimate of drug-likeness (QED) is 0.0373. The highest BCUT2D eigenvalue weighted by Crippen LogP contribution is 2.17. The Bertz CT molecular complexity index is 1410. The SMILES string of the molecule is CC/C=C\C/C=C\C/C=C\C/C=C\C/C=C\C/C=C\C/C=C\C/C=C\CCCCCCCCCCCCCCCCC(=O)OC(CO)COC(=O)CCCCCCCCCCCCCCCCCCCCCCCC. The molecule has 5 heteroatoms. The predicted octanol–water partition coefficient (Wildman–Crippen LogP) is 22.3. The van der Waals surface area contributed by atoms with Gasteiger partial charge in [0.1, 0.15) is 6.61 Å². The molecule has 0 aromatic heterocycles. The van der Waals surface area contributed by atoms with Crippen LogP contribution in [0.25, 0.3) is 0 Å². The van der Waals surface area contributed by atoms with Crippen molar-refractivity contribution in [2.45, 2.75) is 322 Å². The lowest BCUT2D eigenvalue weighted by atomic mass is 10.0. The summed E-state index contributed by atoms with van der Waals surface area (Å²) < 4.78 is 10.7. The minimum atomic E-state index is -0.775. The van der Waals surface area contributed by atoms with Crippen LogP contribution in [0.3, 0.4) is 0 Å². The second-order valence-corrected chi connectivity index (χ2v) is 21.5. The van der Waals surface area contributed by atoms with E-state index in [9.17, 15) is 14.7 Å². The Morgan fingerprint density at radius 3 is 0.867 bits per heavy atom. The van der Waals surface area contributed by atoms with Crippen LogP contribution in [0.15, 0.2) is 97.2 Å². The molecule has 432 valence electrons. The molecule has 0 spiro atoms. The maximum Gasteiger partial charge on any atom is 0.306 e. The third-order valence-electron chi connectivity index (χ3n) is 14.1.